The average Bonchev–Trinajstić information content (AvgIpc) is 2.94. The van der Waals surface area contributed by atoms with Gasteiger partial charge < -0.3 is 14.7 Å². The molecule has 1 N–H and O–H groups in total. The maximum Gasteiger partial charge on any atom is 0.410 e. The van der Waals surface area contributed by atoms with Gasteiger partial charge in [-0.25, -0.2) is 4.79 Å². The van der Waals surface area contributed by atoms with E-state index >= 15 is 0 Å². The first-order valence-corrected chi connectivity index (χ1v) is 6.56. The number of rotatable bonds is 2. The summed E-state index contributed by atoms with van der Waals surface area (Å²) in [5.41, 5.74) is 2.16. The molecule has 1 aromatic carbocycles. The van der Waals surface area contributed by atoms with Gasteiger partial charge in [0.2, 0.25) is 0 Å². The largest absolute Gasteiger partial charge is 0.445 e. The smallest absolute Gasteiger partial charge is 0.410 e. The summed E-state index contributed by atoms with van der Waals surface area (Å²) in [4.78, 5) is 13.7. The summed E-state index contributed by atoms with van der Waals surface area (Å²) in [6.07, 6.45) is 2.00. The van der Waals surface area contributed by atoms with E-state index in [0.29, 0.717) is 25.6 Å². The van der Waals surface area contributed by atoms with Crippen molar-refractivity contribution in [3.8, 4) is 0 Å². The lowest BCUT2D eigenvalue weighted by molar-refractivity contribution is 0.101. The van der Waals surface area contributed by atoms with Gasteiger partial charge in [0.25, 0.3) is 0 Å². The van der Waals surface area contributed by atoms with E-state index in [0.717, 1.165) is 12.0 Å². The second kappa shape index (κ2) is 5.05. The molecule has 1 aliphatic heterocycles. The van der Waals surface area contributed by atoms with Crippen LogP contribution in [-0.4, -0.2) is 35.3 Å². The first kappa shape index (κ1) is 12.2. The number of likely N-dealkylation sites (tertiary alicyclic amines) is 1. The second-order valence-electron chi connectivity index (χ2n) is 5.16. The molecule has 2 unspecified atom stereocenters. The molecule has 0 aromatic heterocycles. The van der Waals surface area contributed by atoms with Crippen molar-refractivity contribution in [2.75, 3.05) is 13.1 Å². The SMILES string of the molecule is O=C(OCc1ccccc1)N1CC2=CC(O)CC2C1. The first-order valence-electron chi connectivity index (χ1n) is 6.56. The molecule has 2 atom stereocenters. The van der Waals surface area contributed by atoms with Crippen molar-refractivity contribution in [2.24, 2.45) is 5.92 Å². The van der Waals surface area contributed by atoms with Crippen molar-refractivity contribution < 1.29 is 14.6 Å². The van der Waals surface area contributed by atoms with Crippen LogP contribution in [0.25, 0.3) is 0 Å². The number of amides is 1. The van der Waals surface area contributed by atoms with Gasteiger partial charge in [-0.15, -0.1) is 0 Å². The Labute approximate surface area is 112 Å². The van der Waals surface area contributed by atoms with E-state index in [1.807, 2.05) is 36.4 Å². The number of hydrogen-bond donors (Lipinski definition) is 1. The predicted octanol–water partition coefficient (Wildman–Crippen LogP) is 1.95. The molecule has 19 heavy (non-hydrogen) atoms. The second-order valence-corrected chi connectivity index (χ2v) is 5.16. The van der Waals surface area contributed by atoms with E-state index in [4.69, 9.17) is 4.74 Å². The molecule has 4 heteroatoms. The van der Waals surface area contributed by atoms with Crippen LogP contribution in [0.4, 0.5) is 4.79 Å². The maximum absolute atomic E-state index is 11.9. The summed E-state index contributed by atoms with van der Waals surface area (Å²) in [6, 6.07) is 9.66. The molecule has 1 heterocycles. The predicted molar refractivity (Wildman–Crippen MR) is 70.4 cm³/mol. The highest BCUT2D eigenvalue weighted by Gasteiger charge is 2.36. The van der Waals surface area contributed by atoms with Crippen LogP contribution >= 0.6 is 0 Å². The summed E-state index contributed by atoms with van der Waals surface area (Å²) in [5.74, 6) is 0.319. The molecule has 0 spiro atoms. The van der Waals surface area contributed by atoms with Gasteiger partial charge in [0.1, 0.15) is 6.61 Å². The van der Waals surface area contributed by atoms with Crippen molar-refractivity contribution in [3.05, 3.63) is 47.5 Å². The topological polar surface area (TPSA) is 49.8 Å². The normalized spacial score (nSPS) is 25.1. The Balaban J connectivity index is 1.54. The zero-order valence-electron chi connectivity index (χ0n) is 10.7. The lowest BCUT2D eigenvalue weighted by Crippen LogP contribution is -2.30. The molecule has 0 saturated carbocycles. The summed E-state index contributed by atoms with van der Waals surface area (Å²) in [7, 11) is 0. The number of nitrogens with zero attached hydrogens (tertiary/aromatic N) is 1. The van der Waals surface area contributed by atoms with Gasteiger partial charge in [-0.2, -0.15) is 0 Å². The van der Waals surface area contributed by atoms with Crippen LogP contribution in [0.2, 0.25) is 0 Å². The fourth-order valence-electron chi connectivity index (χ4n) is 2.77. The van der Waals surface area contributed by atoms with Crippen molar-refractivity contribution in [1.82, 2.24) is 4.90 Å². The molecule has 100 valence electrons. The van der Waals surface area contributed by atoms with Crippen molar-refractivity contribution >= 4 is 6.09 Å². The number of benzene rings is 1. The Bertz CT molecular complexity index is 497. The van der Waals surface area contributed by atoms with Gasteiger partial charge >= 0.3 is 6.09 Å². The van der Waals surface area contributed by atoms with Gasteiger partial charge in [0.15, 0.2) is 0 Å². The minimum absolute atomic E-state index is 0.270. The van der Waals surface area contributed by atoms with E-state index in [9.17, 15) is 9.90 Å². The molecule has 1 amide bonds. The molecule has 1 fully saturated rings. The number of carbonyl (C=O) groups is 1. The van der Waals surface area contributed by atoms with E-state index in [-0.39, 0.29) is 12.2 Å². The molecule has 1 aromatic rings. The van der Waals surface area contributed by atoms with E-state index in [1.165, 1.54) is 5.57 Å². The molecule has 0 bridgehead atoms. The number of carbonyl (C=O) groups excluding carboxylic acids is 1. The Hall–Kier alpha value is -1.81. The van der Waals surface area contributed by atoms with Crippen LogP contribution in [0.15, 0.2) is 42.0 Å². The number of ether oxygens (including phenoxy) is 1. The summed E-state index contributed by atoms with van der Waals surface area (Å²) < 4.78 is 5.30. The highest BCUT2D eigenvalue weighted by atomic mass is 16.6. The van der Waals surface area contributed by atoms with Crippen LogP contribution in [0.5, 0.6) is 0 Å². The van der Waals surface area contributed by atoms with Crippen molar-refractivity contribution in [2.45, 2.75) is 19.1 Å². The molecule has 4 nitrogen and oxygen atoms in total. The van der Waals surface area contributed by atoms with Gasteiger partial charge in [0, 0.05) is 19.0 Å². The number of hydrogen-bond acceptors (Lipinski definition) is 3. The third-order valence-corrected chi connectivity index (χ3v) is 3.73. The van der Waals surface area contributed by atoms with Crippen LogP contribution < -0.4 is 0 Å². The Morgan fingerprint density at radius 1 is 1.37 bits per heavy atom. The fraction of sp³-hybridized carbons (Fsp3) is 0.400. The summed E-state index contributed by atoms with van der Waals surface area (Å²) >= 11 is 0. The number of aliphatic hydroxyl groups excluding tert-OH is 1. The van der Waals surface area contributed by atoms with Gasteiger partial charge in [-0.3, -0.25) is 0 Å². The van der Waals surface area contributed by atoms with E-state index < -0.39 is 0 Å². The standard InChI is InChI=1S/C15H17NO3/c17-14-6-12-8-16(9-13(12)7-14)15(18)19-10-11-4-2-1-3-5-11/h1-6,13-14,17H,7-10H2. The minimum Gasteiger partial charge on any atom is -0.445 e. The quantitative estimate of drug-likeness (QED) is 0.826. The highest BCUT2D eigenvalue weighted by Crippen LogP contribution is 2.33. The molecule has 3 rings (SSSR count). The Morgan fingerprint density at radius 2 is 2.16 bits per heavy atom. The Morgan fingerprint density at radius 3 is 2.89 bits per heavy atom. The molecule has 0 radical (unpaired) electrons. The Kier molecular flexibility index (Phi) is 3.25. The molecular formula is C15H17NO3. The molecule has 1 saturated heterocycles. The van der Waals surface area contributed by atoms with Crippen LogP contribution in [0, 0.1) is 5.92 Å². The molecule has 1 aliphatic carbocycles. The van der Waals surface area contributed by atoms with Crippen LogP contribution in [-0.2, 0) is 11.3 Å². The highest BCUT2D eigenvalue weighted by molar-refractivity contribution is 5.69. The van der Waals surface area contributed by atoms with Crippen molar-refractivity contribution in [1.29, 1.82) is 0 Å². The third-order valence-electron chi connectivity index (χ3n) is 3.73. The fourth-order valence-corrected chi connectivity index (χ4v) is 2.77. The van der Waals surface area contributed by atoms with Gasteiger partial charge in [0.05, 0.1) is 6.10 Å². The van der Waals surface area contributed by atoms with Gasteiger partial charge in [-0.1, -0.05) is 36.4 Å². The third kappa shape index (κ3) is 2.63. The zero-order valence-corrected chi connectivity index (χ0v) is 10.7. The average molecular weight is 259 g/mol. The van der Waals surface area contributed by atoms with Crippen LogP contribution in [0.3, 0.4) is 0 Å². The lowest BCUT2D eigenvalue weighted by Gasteiger charge is -2.16. The maximum atomic E-state index is 11.9. The first-order chi connectivity index (χ1) is 9.22. The van der Waals surface area contributed by atoms with Crippen LogP contribution in [0.1, 0.15) is 12.0 Å². The van der Waals surface area contributed by atoms with Crippen molar-refractivity contribution in [3.63, 3.8) is 0 Å². The van der Waals surface area contributed by atoms with E-state index in [1.54, 1.807) is 4.90 Å². The molecular weight excluding hydrogens is 242 g/mol. The van der Waals surface area contributed by atoms with E-state index in [2.05, 4.69) is 0 Å². The zero-order chi connectivity index (χ0) is 13.2. The molecule has 2 aliphatic rings. The van der Waals surface area contributed by atoms with Gasteiger partial charge in [-0.05, 0) is 17.6 Å². The summed E-state index contributed by atoms with van der Waals surface area (Å²) in [6.45, 7) is 1.56. The summed E-state index contributed by atoms with van der Waals surface area (Å²) in [5, 5.41) is 9.50. The number of aliphatic hydroxyl groups is 1. The number of fused-ring (bicyclic) bond motifs is 1. The monoisotopic (exact) mass is 259 g/mol. The minimum atomic E-state index is -0.331. The lowest BCUT2D eigenvalue weighted by atomic mass is 10.1.